The van der Waals surface area contributed by atoms with E-state index in [1.54, 1.807) is 27.7 Å². The number of hydrogen-bond donors (Lipinski definition) is 0. The van der Waals surface area contributed by atoms with Crippen molar-refractivity contribution >= 4 is 18.0 Å². The molecule has 2 fully saturated rings. The lowest BCUT2D eigenvalue weighted by molar-refractivity contribution is -0.147. The third kappa shape index (κ3) is 2.57. The summed E-state index contributed by atoms with van der Waals surface area (Å²) in [6.07, 6.45) is -0.632. The highest BCUT2D eigenvalue weighted by Crippen LogP contribution is 2.53. The summed E-state index contributed by atoms with van der Waals surface area (Å²) in [5, 5.41) is 0. The maximum absolute atomic E-state index is 12.0. The summed E-state index contributed by atoms with van der Waals surface area (Å²) in [5.74, 6) is -1.52. The molecule has 2 aliphatic rings. The fourth-order valence-corrected chi connectivity index (χ4v) is 2.46. The summed E-state index contributed by atoms with van der Waals surface area (Å²) in [5.41, 5.74) is -0.634. The van der Waals surface area contributed by atoms with E-state index < -0.39 is 17.6 Å². The van der Waals surface area contributed by atoms with E-state index in [1.165, 1.54) is 0 Å². The van der Waals surface area contributed by atoms with Crippen molar-refractivity contribution < 1.29 is 23.9 Å². The molecule has 1 aliphatic heterocycles. The van der Waals surface area contributed by atoms with Gasteiger partial charge in [-0.3, -0.25) is 9.59 Å². The molecule has 0 aromatic rings. The minimum atomic E-state index is -0.634. The molecule has 3 atom stereocenters. The number of amides is 2. The molecule has 1 aliphatic carbocycles. The smallest absolute Gasteiger partial charge is 0.417 e. The number of ether oxygens (including phenoxy) is 2. The Morgan fingerprint density at radius 3 is 2.42 bits per heavy atom. The van der Waals surface area contributed by atoms with E-state index in [9.17, 15) is 14.4 Å². The van der Waals surface area contributed by atoms with Gasteiger partial charge >= 0.3 is 12.1 Å². The van der Waals surface area contributed by atoms with E-state index in [0.717, 1.165) is 4.90 Å². The Bertz CT molecular complexity index is 425. The molecule has 0 N–H and O–H groups in total. The fourth-order valence-electron chi connectivity index (χ4n) is 2.46. The van der Waals surface area contributed by atoms with Crippen LogP contribution in [0.25, 0.3) is 0 Å². The van der Waals surface area contributed by atoms with E-state index in [4.69, 9.17) is 9.47 Å². The minimum Gasteiger partial charge on any atom is -0.466 e. The molecule has 0 unspecified atom stereocenters. The van der Waals surface area contributed by atoms with Crippen LogP contribution in [0.1, 0.15) is 27.7 Å². The van der Waals surface area contributed by atoms with Crippen LogP contribution in [0.4, 0.5) is 4.79 Å². The number of likely N-dealkylation sites (tertiary alicyclic amines) is 1. The van der Waals surface area contributed by atoms with E-state index in [1.807, 2.05) is 0 Å². The lowest BCUT2D eigenvalue weighted by Gasteiger charge is -2.24. The molecule has 0 aromatic carbocycles. The molecule has 0 radical (unpaired) electrons. The number of fused-ring (bicyclic) bond motifs is 1. The van der Waals surface area contributed by atoms with E-state index >= 15 is 0 Å². The number of piperidine rings is 1. The zero-order valence-corrected chi connectivity index (χ0v) is 11.6. The van der Waals surface area contributed by atoms with Crippen LogP contribution in [0.3, 0.4) is 0 Å². The molecule has 19 heavy (non-hydrogen) atoms. The van der Waals surface area contributed by atoms with Crippen molar-refractivity contribution in [3.8, 4) is 0 Å². The van der Waals surface area contributed by atoms with Gasteiger partial charge < -0.3 is 9.47 Å². The van der Waals surface area contributed by atoms with E-state index in [-0.39, 0.29) is 30.3 Å². The summed E-state index contributed by atoms with van der Waals surface area (Å²) in [7, 11) is 0. The molecule has 1 saturated carbocycles. The number of imide groups is 1. The first-order valence-corrected chi connectivity index (χ1v) is 6.47. The second-order valence-corrected chi connectivity index (χ2v) is 5.90. The lowest BCUT2D eigenvalue weighted by atomic mass is 10.2. The van der Waals surface area contributed by atoms with Crippen molar-refractivity contribution in [2.24, 2.45) is 17.8 Å². The van der Waals surface area contributed by atoms with Gasteiger partial charge in [-0.15, -0.1) is 0 Å². The topological polar surface area (TPSA) is 72.9 Å². The summed E-state index contributed by atoms with van der Waals surface area (Å²) in [4.78, 5) is 36.5. The number of carbonyl (C=O) groups is 3. The van der Waals surface area contributed by atoms with Gasteiger partial charge in [0.2, 0.25) is 5.91 Å². The molecule has 1 heterocycles. The van der Waals surface area contributed by atoms with E-state index in [0.29, 0.717) is 6.61 Å². The SMILES string of the molecule is CCOC(=O)[C@@H]1[C@@H]2CN(C(=O)OC(C)(C)C)C(=O)[C@@H]21. The average molecular weight is 269 g/mol. The molecule has 2 amide bonds. The summed E-state index contributed by atoms with van der Waals surface area (Å²) >= 11 is 0. The molecular weight excluding hydrogens is 250 g/mol. The van der Waals surface area contributed by atoms with Crippen LogP contribution in [-0.4, -0.2) is 41.6 Å². The number of hydrogen-bond acceptors (Lipinski definition) is 5. The molecule has 6 nitrogen and oxygen atoms in total. The van der Waals surface area contributed by atoms with Gasteiger partial charge in [-0.25, -0.2) is 9.69 Å². The molecule has 2 rings (SSSR count). The first-order valence-electron chi connectivity index (χ1n) is 6.47. The zero-order chi connectivity index (χ0) is 14.4. The molecular formula is C13H19NO5. The number of esters is 1. The Hall–Kier alpha value is -1.59. The van der Waals surface area contributed by atoms with Gasteiger partial charge in [-0.05, 0) is 27.7 Å². The van der Waals surface area contributed by atoms with Gasteiger partial charge in [0.25, 0.3) is 0 Å². The van der Waals surface area contributed by atoms with Crippen LogP contribution in [0.5, 0.6) is 0 Å². The molecule has 0 aromatic heterocycles. The van der Waals surface area contributed by atoms with Gasteiger partial charge in [-0.1, -0.05) is 0 Å². The van der Waals surface area contributed by atoms with Crippen molar-refractivity contribution in [2.45, 2.75) is 33.3 Å². The standard InChI is InChI=1S/C13H19NO5/c1-5-18-11(16)9-7-6-14(10(15)8(7)9)12(17)19-13(2,3)4/h7-9H,5-6H2,1-4H3/t7-,8+,9-/m1/s1. The normalized spacial score (nSPS) is 28.9. The highest BCUT2D eigenvalue weighted by Gasteiger charge is 2.67. The second kappa shape index (κ2) is 4.51. The minimum absolute atomic E-state index is 0.0981. The van der Waals surface area contributed by atoms with Crippen molar-refractivity contribution in [1.29, 1.82) is 0 Å². The molecule has 106 valence electrons. The van der Waals surface area contributed by atoms with Crippen LogP contribution in [0.2, 0.25) is 0 Å². The predicted octanol–water partition coefficient (Wildman–Crippen LogP) is 1.19. The van der Waals surface area contributed by atoms with Crippen molar-refractivity contribution in [1.82, 2.24) is 4.90 Å². The van der Waals surface area contributed by atoms with Crippen LogP contribution in [-0.2, 0) is 19.1 Å². The van der Waals surface area contributed by atoms with Crippen molar-refractivity contribution in [3.63, 3.8) is 0 Å². The highest BCUT2D eigenvalue weighted by molar-refractivity contribution is 6.01. The predicted molar refractivity (Wildman–Crippen MR) is 65.1 cm³/mol. The van der Waals surface area contributed by atoms with Gasteiger partial charge in [0.1, 0.15) is 5.60 Å². The summed E-state index contributed by atoms with van der Waals surface area (Å²) < 4.78 is 10.1. The Labute approximate surface area is 112 Å². The van der Waals surface area contributed by atoms with Crippen LogP contribution < -0.4 is 0 Å². The Balaban J connectivity index is 1.93. The Morgan fingerprint density at radius 1 is 1.37 bits per heavy atom. The third-order valence-corrected chi connectivity index (χ3v) is 3.29. The first-order chi connectivity index (χ1) is 8.76. The largest absolute Gasteiger partial charge is 0.466 e. The van der Waals surface area contributed by atoms with E-state index in [2.05, 4.69) is 0 Å². The molecule has 0 bridgehead atoms. The highest BCUT2D eigenvalue weighted by atomic mass is 16.6. The van der Waals surface area contributed by atoms with Gasteiger partial charge in [0.05, 0.1) is 18.4 Å². The average Bonchev–Trinajstić information content (AvgIpc) is 2.88. The number of rotatable bonds is 2. The first kappa shape index (κ1) is 13.8. The van der Waals surface area contributed by atoms with Gasteiger partial charge in [-0.2, -0.15) is 0 Å². The number of nitrogens with zero attached hydrogens (tertiary/aromatic N) is 1. The fraction of sp³-hybridized carbons (Fsp3) is 0.769. The maximum Gasteiger partial charge on any atom is 0.417 e. The zero-order valence-electron chi connectivity index (χ0n) is 11.6. The van der Waals surface area contributed by atoms with Crippen LogP contribution >= 0.6 is 0 Å². The maximum atomic E-state index is 12.0. The second-order valence-electron chi connectivity index (χ2n) is 5.90. The Morgan fingerprint density at radius 2 is 2.00 bits per heavy atom. The van der Waals surface area contributed by atoms with Gasteiger partial charge in [0, 0.05) is 12.5 Å². The third-order valence-electron chi connectivity index (χ3n) is 3.29. The van der Waals surface area contributed by atoms with Crippen molar-refractivity contribution in [3.05, 3.63) is 0 Å². The summed E-state index contributed by atoms with van der Waals surface area (Å²) in [6, 6.07) is 0. The molecule has 6 heteroatoms. The van der Waals surface area contributed by atoms with Gasteiger partial charge in [0.15, 0.2) is 0 Å². The quantitative estimate of drug-likeness (QED) is 0.704. The molecule has 1 saturated heterocycles. The monoisotopic (exact) mass is 269 g/mol. The molecule has 0 spiro atoms. The lowest BCUT2D eigenvalue weighted by Crippen LogP contribution is -2.40. The van der Waals surface area contributed by atoms with Crippen LogP contribution in [0, 0.1) is 17.8 Å². The van der Waals surface area contributed by atoms with Crippen LogP contribution in [0.15, 0.2) is 0 Å². The van der Waals surface area contributed by atoms with Crippen molar-refractivity contribution in [2.75, 3.05) is 13.2 Å². The summed E-state index contributed by atoms with van der Waals surface area (Å²) in [6.45, 7) is 7.51. The number of carbonyl (C=O) groups excluding carboxylic acids is 3. The Kier molecular flexibility index (Phi) is 3.28.